The third-order valence-corrected chi connectivity index (χ3v) is 4.32. The quantitative estimate of drug-likeness (QED) is 0.746. The second-order valence-electron chi connectivity index (χ2n) is 6.06. The van der Waals surface area contributed by atoms with Crippen molar-refractivity contribution in [2.75, 3.05) is 20.8 Å². The van der Waals surface area contributed by atoms with Crippen molar-refractivity contribution in [1.82, 2.24) is 4.98 Å². The monoisotopic (exact) mass is 375 g/mol. The molecule has 0 fully saturated rings. The van der Waals surface area contributed by atoms with Crippen LogP contribution in [0.3, 0.4) is 0 Å². The average molecular weight is 375 g/mol. The van der Waals surface area contributed by atoms with E-state index in [9.17, 15) is 9.59 Å². The molecule has 0 saturated carbocycles. The molecule has 0 aliphatic heterocycles. The molecular formula is C20H25NO6. The molecule has 1 aromatic carbocycles. The molecule has 0 bridgehead atoms. The van der Waals surface area contributed by atoms with Crippen LogP contribution in [-0.4, -0.2) is 37.7 Å². The normalized spacial score (nSPS) is 10.4. The zero-order chi connectivity index (χ0) is 20.1. The van der Waals surface area contributed by atoms with Crippen molar-refractivity contribution in [1.29, 1.82) is 0 Å². The minimum atomic E-state index is -0.541. The topological polar surface area (TPSA) is 86.9 Å². The first-order valence-electron chi connectivity index (χ1n) is 8.58. The van der Waals surface area contributed by atoms with E-state index >= 15 is 0 Å². The Bertz CT molecular complexity index is 853. The molecule has 1 heterocycles. The molecule has 0 amide bonds. The Labute approximate surface area is 158 Å². The fourth-order valence-electron chi connectivity index (χ4n) is 2.86. The number of ether oxygens (including phenoxy) is 4. The lowest BCUT2D eigenvalue weighted by molar-refractivity contribution is 0.0464. The zero-order valence-electron chi connectivity index (χ0n) is 16.5. The molecule has 7 nitrogen and oxygen atoms in total. The summed E-state index contributed by atoms with van der Waals surface area (Å²) >= 11 is 0. The number of hydrogen-bond donors (Lipinski definition) is 1. The van der Waals surface area contributed by atoms with E-state index in [4.69, 9.17) is 18.9 Å². The van der Waals surface area contributed by atoms with Gasteiger partial charge in [0.05, 0.1) is 26.4 Å². The first-order chi connectivity index (χ1) is 12.8. The van der Waals surface area contributed by atoms with Gasteiger partial charge in [0.15, 0.2) is 11.5 Å². The third-order valence-electron chi connectivity index (χ3n) is 4.32. The fourth-order valence-corrected chi connectivity index (χ4v) is 2.86. The molecular weight excluding hydrogens is 350 g/mol. The van der Waals surface area contributed by atoms with E-state index in [0.717, 1.165) is 11.1 Å². The molecule has 7 heteroatoms. The molecule has 0 spiro atoms. The van der Waals surface area contributed by atoms with Crippen LogP contribution in [0.2, 0.25) is 0 Å². The molecule has 2 rings (SSSR count). The second kappa shape index (κ2) is 8.62. The van der Waals surface area contributed by atoms with E-state index in [-0.39, 0.29) is 18.9 Å². The molecule has 27 heavy (non-hydrogen) atoms. The van der Waals surface area contributed by atoms with Crippen LogP contribution in [-0.2, 0) is 16.1 Å². The highest BCUT2D eigenvalue weighted by atomic mass is 16.5. The SMILES string of the molecule is CCOC(=O)c1c(C)[nH]c(C(=O)OCc2cc(OC)c(OC)cc2C)c1C. The van der Waals surface area contributed by atoms with E-state index in [1.165, 1.54) is 0 Å². The van der Waals surface area contributed by atoms with E-state index in [2.05, 4.69) is 4.98 Å². The van der Waals surface area contributed by atoms with Gasteiger partial charge in [-0.2, -0.15) is 0 Å². The van der Waals surface area contributed by atoms with Crippen LogP contribution < -0.4 is 9.47 Å². The number of H-pyrrole nitrogens is 1. The largest absolute Gasteiger partial charge is 0.493 e. The van der Waals surface area contributed by atoms with Crippen LogP contribution in [0, 0.1) is 20.8 Å². The number of aromatic amines is 1. The summed E-state index contributed by atoms with van der Waals surface area (Å²) < 4.78 is 21.0. The van der Waals surface area contributed by atoms with Crippen LogP contribution in [0.15, 0.2) is 12.1 Å². The number of aryl methyl sites for hydroxylation is 2. The molecule has 1 N–H and O–H groups in total. The first-order valence-corrected chi connectivity index (χ1v) is 8.58. The van der Waals surface area contributed by atoms with Gasteiger partial charge in [-0.05, 0) is 56.5 Å². The summed E-state index contributed by atoms with van der Waals surface area (Å²) in [5.41, 5.74) is 3.40. The number of rotatable bonds is 7. The molecule has 0 aliphatic rings. The summed E-state index contributed by atoms with van der Waals surface area (Å²) in [7, 11) is 3.11. The van der Waals surface area contributed by atoms with Crippen molar-refractivity contribution in [2.24, 2.45) is 0 Å². The Kier molecular flexibility index (Phi) is 6.50. The van der Waals surface area contributed by atoms with Gasteiger partial charge in [0, 0.05) is 5.69 Å². The van der Waals surface area contributed by atoms with Crippen LogP contribution in [0.1, 0.15) is 50.2 Å². The number of benzene rings is 1. The number of carbonyl (C=O) groups excluding carboxylic acids is 2. The fraction of sp³-hybridized carbons (Fsp3) is 0.400. The zero-order valence-corrected chi connectivity index (χ0v) is 16.5. The number of aromatic nitrogens is 1. The van der Waals surface area contributed by atoms with Gasteiger partial charge in [0.2, 0.25) is 0 Å². The maximum absolute atomic E-state index is 12.5. The number of esters is 2. The smallest absolute Gasteiger partial charge is 0.355 e. The summed E-state index contributed by atoms with van der Waals surface area (Å²) in [6.07, 6.45) is 0. The third kappa shape index (κ3) is 4.24. The predicted molar refractivity (Wildman–Crippen MR) is 99.6 cm³/mol. The predicted octanol–water partition coefficient (Wildman–Crippen LogP) is 3.49. The molecule has 0 aliphatic carbocycles. The van der Waals surface area contributed by atoms with Gasteiger partial charge in [0.25, 0.3) is 0 Å². The van der Waals surface area contributed by atoms with Crippen LogP contribution in [0.5, 0.6) is 11.5 Å². The number of hydrogen-bond acceptors (Lipinski definition) is 6. The highest BCUT2D eigenvalue weighted by Gasteiger charge is 2.24. The lowest BCUT2D eigenvalue weighted by Gasteiger charge is -2.13. The van der Waals surface area contributed by atoms with Crippen molar-refractivity contribution in [3.05, 3.63) is 45.8 Å². The summed E-state index contributed by atoms with van der Waals surface area (Å²) in [5, 5.41) is 0. The Morgan fingerprint density at radius 1 is 0.963 bits per heavy atom. The van der Waals surface area contributed by atoms with Crippen LogP contribution in [0.25, 0.3) is 0 Å². The minimum absolute atomic E-state index is 0.0667. The van der Waals surface area contributed by atoms with Gasteiger partial charge < -0.3 is 23.9 Å². The molecule has 0 unspecified atom stereocenters. The standard InChI is InChI=1S/C20H25NO6/c1-7-26-19(22)17-12(3)18(21-13(17)4)20(23)27-10-14-9-16(25-6)15(24-5)8-11(14)2/h8-9,21H,7,10H2,1-6H3. The van der Waals surface area contributed by atoms with Crippen molar-refractivity contribution in [3.8, 4) is 11.5 Å². The number of nitrogens with one attached hydrogen (secondary N) is 1. The Morgan fingerprint density at radius 3 is 2.19 bits per heavy atom. The van der Waals surface area contributed by atoms with E-state index in [0.29, 0.717) is 28.3 Å². The molecule has 0 atom stereocenters. The summed E-state index contributed by atoms with van der Waals surface area (Å²) in [6.45, 7) is 7.37. The second-order valence-corrected chi connectivity index (χ2v) is 6.06. The molecule has 0 radical (unpaired) electrons. The number of carbonyl (C=O) groups is 2. The maximum atomic E-state index is 12.5. The number of methoxy groups -OCH3 is 2. The molecule has 0 saturated heterocycles. The van der Waals surface area contributed by atoms with Crippen LogP contribution in [0.4, 0.5) is 0 Å². The van der Waals surface area contributed by atoms with Gasteiger partial charge in [-0.1, -0.05) is 0 Å². The van der Waals surface area contributed by atoms with Gasteiger partial charge in [-0.15, -0.1) is 0 Å². The summed E-state index contributed by atoms with van der Waals surface area (Å²) in [4.78, 5) is 27.5. The van der Waals surface area contributed by atoms with Crippen LogP contribution >= 0.6 is 0 Å². The molecule has 146 valence electrons. The van der Waals surface area contributed by atoms with Crippen molar-refractivity contribution in [2.45, 2.75) is 34.3 Å². The van der Waals surface area contributed by atoms with E-state index < -0.39 is 11.9 Å². The van der Waals surface area contributed by atoms with Gasteiger partial charge in [-0.25, -0.2) is 9.59 Å². The molecule has 1 aromatic heterocycles. The lowest BCUT2D eigenvalue weighted by atomic mass is 10.1. The van der Waals surface area contributed by atoms with Gasteiger partial charge in [-0.3, -0.25) is 0 Å². The summed E-state index contributed by atoms with van der Waals surface area (Å²) in [5.74, 6) is 0.171. The highest BCUT2D eigenvalue weighted by molar-refractivity contribution is 5.98. The summed E-state index contributed by atoms with van der Waals surface area (Å²) in [6, 6.07) is 3.60. The Hall–Kier alpha value is -2.96. The van der Waals surface area contributed by atoms with E-state index in [1.54, 1.807) is 41.1 Å². The van der Waals surface area contributed by atoms with E-state index in [1.807, 2.05) is 13.0 Å². The van der Waals surface area contributed by atoms with Gasteiger partial charge in [0.1, 0.15) is 12.3 Å². The molecule has 2 aromatic rings. The van der Waals surface area contributed by atoms with Crippen molar-refractivity contribution >= 4 is 11.9 Å². The highest BCUT2D eigenvalue weighted by Crippen LogP contribution is 2.30. The van der Waals surface area contributed by atoms with Crippen molar-refractivity contribution in [3.63, 3.8) is 0 Å². The van der Waals surface area contributed by atoms with Crippen molar-refractivity contribution < 1.29 is 28.5 Å². The average Bonchev–Trinajstić information content (AvgIpc) is 2.94. The first kappa shape index (κ1) is 20.4. The van der Waals surface area contributed by atoms with Gasteiger partial charge >= 0.3 is 11.9 Å². The Balaban J connectivity index is 2.20. The minimum Gasteiger partial charge on any atom is -0.493 e. The lowest BCUT2D eigenvalue weighted by Crippen LogP contribution is -2.10. The maximum Gasteiger partial charge on any atom is 0.355 e. The Morgan fingerprint density at radius 2 is 1.59 bits per heavy atom.